The molecular weight excluding hydrogens is 340 g/mol. The van der Waals surface area contributed by atoms with Crippen molar-refractivity contribution in [1.82, 2.24) is 5.32 Å². The third kappa shape index (κ3) is 3.44. The molecule has 0 amide bonds. The molecule has 1 aliphatic carbocycles. The fourth-order valence-electron chi connectivity index (χ4n) is 3.35. The number of nitrogens with one attached hydrogen (secondary N) is 1. The van der Waals surface area contributed by atoms with Crippen molar-refractivity contribution in [1.29, 1.82) is 0 Å². The van der Waals surface area contributed by atoms with Crippen molar-refractivity contribution in [2.45, 2.75) is 42.2 Å². The number of allylic oxidation sites excluding steroid dienone is 1. The van der Waals surface area contributed by atoms with Crippen LogP contribution in [0.4, 0.5) is 0 Å². The highest BCUT2D eigenvalue weighted by Crippen LogP contribution is 2.35. The highest BCUT2D eigenvalue weighted by Gasteiger charge is 2.34. The monoisotopic (exact) mass is 362 g/mol. The Morgan fingerprint density at radius 2 is 1.91 bits per heavy atom. The van der Waals surface area contributed by atoms with Crippen molar-refractivity contribution in [2.75, 3.05) is 13.7 Å². The lowest BCUT2D eigenvalue weighted by Gasteiger charge is -2.36. The smallest absolute Gasteiger partial charge is 0.181 e. The summed E-state index contributed by atoms with van der Waals surface area (Å²) in [6, 6.07) is 11.4. The first-order chi connectivity index (χ1) is 10.7. The highest BCUT2D eigenvalue weighted by molar-refractivity contribution is 9.10. The van der Waals surface area contributed by atoms with Crippen LogP contribution in [0.2, 0.25) is 0 Å². The summed E-state index contributed by atoms with van der Waals surface area (Å²) < 4.78 is 5.11. The van der Waals surface area contributed by atoms with Crippen LogP contribution in [-0.4, -0.2) is 30.4 Å². The van der Waals surface area contributed by atoms with Crippen molar-refractivity contribution in [3.63, 3.8) is 0 Å². The van der Waals surface area contributed by atoms with Gasteiger partial charge in [-0.05, 0) is 59.2 Å². The van der Waals surface area contributed by atoms with E-state index in [-0.39, 0.29) is 0 Å². The third-order valence-corrected chi connectivity index (χ3v) is 5.73. The van der Waals surface area contributed by atoms with E-state index in [2.05, 4.69) is 56.6 Å². The van der Waals surface area contributed by atoms with Crippen LogP contribution in [0.5, 0.6) is 0 Å². The Kier molecular flexibility index (Phi) is 4.99. The van der Waals surface area contributed by atoms with Crippen LogP contribution in [0.1, 0.15) is 37.2 Å². The summed E-state index contributed by atoms with van der Waals surface area (Å²) in [6.45, 7) is 0.613. The predicted octanol–water partition coefficient (Wildman–Crippen LogP) is 4.01. The zero-order valence-corrected chi connectivity index (χ0v) is 14.6. The molecule has 1 saturated carbocycles. The summed E-state index contributed by atoms with van der Waals surface area (Å²) in [6.07, 6.45) is 8.75. The largest absolute Gasteiger partial charge is 0.382 e. The number of aliphatic imine (C=N–C) groups is 1. The lowest BCUT2D eigenvalue weighted by molar-refractivity contribution is 0.105. The van der Waals surface area contributed by atoms with Crippen LogP contribution in [0, 0.1) is 0 Å². The van der Waals surface area contributed by atoms with Crippen LogP contribution in [0.25, 0.3) is 0 Å². The number of halogens is 1. The van der Waals surface area contributed by atoms with Crippen LogP contribution in [0.15, 0.2) is 47.1 Å². The predicted molar refractivity (Wildman–Crippen MR) is 94.7 cm³/mol. The van der Waals surface area contributed by atoms with E-state index >= 15 is 0 Å². The minimum atomic E-state index is -0.488. The Morgan fingerprint density at radius 3 is 2.59 bits per heavy atom. The molecule has 0 radical (unpaired) electrons. The molecule has 1 unspecified atom stereocenters. The van der Waals surface area contributed by atoms with Crippen LogP contribution in [-0.2, 0) is 4.74 Å². The average molecular weight is 363 g/mol. The van der Waals surface area contributed by atoms with Gasteiger partial charge in [0.15, 0.2) is 4.51 Å². The molecule has 118 valence electrons. The number of benzene rings is 1. The van der Waals surface area contributed by atoms with Gasteiger partial charge in [-0.1, -0.05) is 30.3 Å². The van der Waals surface area contributed by atoms with Gasteiger partial charge in [-0.25, -0.2) is 0 Å². The molecule has 1 aliphatic heterocycles. The van der Waals surface area contributed by atoms with E-state index in [0.29, 0.717) is 18.5 Å². The summed E-state index contributed by atoms with van der Waals surface area (Å²) in [4.78, 5) is 4.28. The molecule has 0 aromatic heterocycles. The van der Waals surface area contributed by atoms with E-state index in [1.807, 2.05) is 12.3 Å². The molecule has 3 nitrogen and oxygen atoms in total. The number of methoxy groups -OCH3 is 1. The number of hydrogen-bond donors (Lipinski definition) is 1. The van der Waals surface area contributed by atoms with E-state index in [4.69, 9.17) is 4.74 Å². The molecule has 22 heavy (non-hydrogen) atoms. The Hall–Kier alpha value is -1.13. The Bertz CT molecular complexity index is 549. The summed E-state index contributed by atoms with van der Waals surface area (Å²) in [5.41, 5.74) is 2.57. The molecule has 1 N–H and O–H groups in total. The number of nitrogens with zero attached hydrogens (tertiary/aromatic N) is 1. The average Bonchev–Trinajstić information content (AvgIpc) is 2.58. The van der Waals surface area contributed by atoms with Gasteiger partial charge in [0.05, 0.1) is 12.2 Å². The molecule has 0 bridgehead atoms. The minimum absolute atomic E-state index is 0.488. The third-order valence-electron chi connectivity index (χ3n) is 4.72. The van der Waals surface area contributed by atoms with Crippen molar-refractivity contribution in [3.05, 3.63) is 47.7 Å². The van der Waals surface area contributed by atoms with Crippen LogP contribution >= 0.6 is 15.9 Å². The van der Waals surface area contributed by atoms with Crippen LogP contribution in [0.3, 0.4) is 0 Å². The highest BCUT2D eigenvalue weighted by atomic mass is 79.9. The molecule has 1 atom stereocenters. The maximum atomic E-state index is 5.60. The standard InChI is InChI=1S/C18H23BrN2O/c1-22-18(19)13-20-12-11-17(18)21-16-9-7-15(8-10-16)14-5-3-2-4-6-14/h2-6,11-12,15-16,21H,7-10,13H2,1H3. The summed E-state index contributed by atoms with van der Waals surface area (Å²) in [5, 5.41) is 3.67. The zero-order valence-electron chi connectivity index (χ0n) is 13.0. The molecule has 3 rings (SSSR count). The van der Waals surface area contributed by atoms with Gasteiger partial charge >= 0.3 is 0 Å². The van der Waals surface area contributed by atoms with Crippen molar-refractivity contribution < 1.29 is 4.74 Å². The van der Waals surface area contributed by atoms with E-state index in [0.717, 1.165) is 5.70 Å². The van der Waals surface area contributed by atoms with Crippen molar-refractivity contribution in [3.8, 4) is 0 Å². The van der Waals surface area contributed by atoms with E-state index in [9.17, 15) is 0 Å². The molecule has 2 aliphatic rings. The number of dihydropyridines is 1. The molecule has 0 saturated heterocycles. The second-order valence-electron chi connectivity index (χ2n) is 6.11. The van der Waals surface area contributed by atoms with Gasteiger partial charge in [-0.3, -0.25) is 4.99 Å². The molecule has 1 aromatic rings. The fourth-order valence-corrected chi connectivity index (χ4v) is 3.74. The van der Waals surface area contributed by atoms with Crippen LogP contribution < -0.4 is 5.32 Å². The van der Waals surface area contributed by atoms with Gasteiger partial charge in [0.2, 0.25) is 0 Å². The molecule has 1 fully saturated rings. The number of rotatable bonds is 4. The van der Waals surface area contributed by atoms with Gasteiger partial charge in [0.1, 0.15) is 0 Å². The first-order valence-corrected chi connectivity index (χ1v) is 8.77. The summed E-state index contributed by atoms with van der Waals surface area (Å²) >= 11 is 3.67. The van der Waals surface area contributed by atoms with E-state index in [1.165, 1.54) is 31.2 Å². The van der Waals surface area contributed by atoms with E-state index < -0.39 is 4.51 Å². The molecule has 1 heterocycles. The van der Waals surface area contributed by atoms with Gasteiger partial charge < -0.3 is 10.1 Å². The van der Waals surface area contributed by atoms with Gasteiger partial charge in [0.25, 0.3) is 0 Å². The number of ether oxygens (including phenoxy) is 1. The Balaban J connectivity index is 1.58. The second kappa shape index (κ2) is 6.97. The molecular formula is C18H23BrN2O. The molecule has 1 aromatic carbocycles. The first kappa shape index (κ1) is 15.8. The summed E-state index contributed by atoms with van der Waals surface area (Å²) in [5.74, 6) is 0.706. The number of alkyl halides is 1. The topological polar surface area (TPSA) is 33.6 Å². The van der Waals surface area contributed by atoms with E-state index in [1.54, 1.807) is 7.11 Å². The maximum absolute atomic E-state index is 5.60. The van der Waals surface area contributed by atoms with Gasteiger partial charge in [-0.2, -0.15) is 0 Å². The minimum Gasteiger partial charge on any atom is -0.382 e. The zero-order chi connectivity index (χ0) is 15.4. The Morgan fingerprint density at radius 1 is 1.18 bits per heavy atom. The normalized spacial score (nSPS) is 31.6. The van der Waals surface area contributed by atoms with Gasteiger partial charge in [0, 0.05) is 19.4 Å². The van der Waals surface area contributed by atoms with Crippen molar-refractivity contribution >= 4 is 22.1 Å². The Labute approximate surface area is 141 Å². The lowest BCUT2D eigenvalue weighted by Crippen LogP contribution is -2.43. The maximum Gasteiger partial charge on any atom is 0.181 e. The molecule has 0 spiro atoms. The molecule has 4 heteroatoms. The quantitative estimate of drug-likeness (QED) is 0.821. The lowest BCUT2D eigenvalue weighted by atomic mass is 9.81. The SMILES string of the molecule is COC1(Br)CN=CC=C1NC1CCC(c2ccccc2)CC1. The first-order valence-electron chi connectivity index (χ1n) is 7.97. The summed E-state index contributed by atoms with van der Waals surface area (Å²) in [7, 11) is 1.72. The number of hydrogen-bond acceptors (Lipinski definition) is 3. The van der Waals surface area contributed by atoms with Gasteiger partial charge in [-0.15, -0.1) is 0 Å². The fraction of sp³-hybridized carbons (Fsp3) is 0.500. The second-order valence-corrected chi connectivity index (χ2v) is 7.39. The van der Waals surface area contributed by atoms with Crippen molar-refractivity contribution in [2.24, 2.45) is 4.99 Å².